The second-order valence-corrected chi connectivity index (χ2v) is 7.24. The van der Waals surface area contributed by atoms with Gasteiger partial charge in [-0.2, -0.15) is 0 Å². The maximum atomic E-state index is 11.4. The second kappa shape index (κ2) is 8.52. The third-order valence-electron chi connectivity index (χ3n) is 5.37. The van der Waals surface area contributed by atoms with E-state index >= 15 is 0 Å². The van der Waals surface area contributed by atoms with Gasteiger partial charge in [0.15, 0.2) is 0 Å². The number of hydroxylamine groups is 1. The Balaban J connectivity index is 1.47. The monoisotopic (exact) mass is 393 g/mol. The van der Waals surface area contributed by atoms with Gasteiger partial charge in [-0.15, -0.1) is 5.10 Å². The van der Waals surface area contributed by atoms with Gasteiger partial charge in [0.05, 0.1) is 18.8 Å². The van der Waals surface area contributed by atoms with Crippen LogP contribution >= 0.6 is 0 Å². The Hall–Kier alpha value is -3.07. The Kier molecular flexibility index (Phi) is 5.66. The highest BCUT2D eigenvalue weighted by atomic mass is 16.5. The van der Waals surface area contributed by atoms with Crippen LogP contribution in [0.5, 0.6) is 0 Å². The van der Waals surface area contributed by atoms with Gasteiger partial charge in [-0.1, -0.05) is 47.7 Å². The predicted octanol–water partition coefficient (Wildman–Crippen LogP) is 1.87. The molecule has 0 unspecified atom stereocenters. The zero-order chi connectivity index (χ0) is 20.2. The first-order chi connectivity index (χ1) is 14.2. The zero-order valence-electron chi connectivity index (χ0n) is 15.8. The van der Waals surface area contributed by atoms with E-state index in [1.54, 1.807) is 29.7 Å². The van der Waals surface area contributed by atoms with E-state index in [0.717, 1.165) is 25.1 Å². The summed E-state index contributed by atoms with van der Waals surface area (Å²) < 4.78 is 1.86. The largest absolute Gasteiger partial charge is 0.395 e. The van der Waals surface area contributed by atoms with Crippen molar-refractivity contribution in [1.29, 1.82) is 0 Å². The van der Waals surface area contributed by atoms with Gasteiger partial charge >= 0.3 is 0 Å². The number of amides is 1. The number of likely N-dealkylation sites (tertiary alicyclic amines) is 1. The minimum atomic E-state index is -0.556. The van der Waals surface area contributed by atoms with Gasteiger partial charge in [0.2, 0.25) is 0 Å². The van der Waals surface area contributed by atoms with Crippen molar-refractivity contribution in [2.75, 3.05) is 13.2 Å². The minimum Gasteiger partial charge on any atom is -0.395 e. The molecule has 29 heavy (non-hydrogen) atoms. The number of carbonyl (C=O) groups is 1. The van der Waals surface area contributed by atoms with Gasteiger partial charge in [-0.05, 0) is 24.1 Å². The molecule has 0 radical (unpaired) electrons. The Bertz CT molecular complexity index is 958. The molecule has 1 amide bonds. The number of carbonyl (C=O) groups excluding carboxylic acids is 1. The summed E-state index contributed by atoms with van der Waals surface area (Å²) in [4.78, 5) is 13.7. The van der Waals surface area contributed by atoms with Crippen LogP contribution in [-0.4, -0.2) is 55.3 Å². The first-order valence-corrected chi connectivity index (χ1v) is 9.53. The summed E-state index contributed by atoms with van der Waals surface area (Å²) in [5.74, 6) is -0.556. The molecule has 3 N–H and O–H groups in total. The molecular weight excluding hydrogens is 370 g/mol. The molecule has 1 aromatic heterocycles. The maximum absolute atomic E-state index is 11.4. The number of aromatic nitrogens is 3. The smallest absolute Gasteiger partial charge is 0.274 e. The number of benzene rings is 2. The van der Waals surface area contributed by atoms with Crippen LogP contribution in [0.25, 0.3) is 11.3 Å². The molecule has 8 nitrogen and oxygen atoms in total. The van der Waals surface area contributed by atoms with Crippen molar-refractivity contribution in [3.05, 3.63) is 71.9 Å². The van der Waals surface area contributed by atoms with Crippen molar-refractivity contribution >= 4 is 5.91 Å². The van der Waals surface area contributed by atoms with Crippen LogP contribution in [0, 0.1) is 0 Å². The summed E-state index contributed by atoms with van der Waals surface area (Å²) >= 11 is 0. The summed E-state index contributed by atoms with van der Waals surface area (Å²) in [5.41, 5.74) is 4.75. The van der Waals surface area contributed by atoms with Crippen LogP contribution in [0.3, 0.4) is 0 Å². The van der Waals surface area contributed by atoms with E-state index in [4.69, 9.17) is 5.21 Å². The molecule has 1 saturated heterocycles. The highest BCUT2D eigenvalue weighted by Crippen LogP contribution is 2.29. The highest BCUT2D eigenvalue weighted by molar-refractivity contribution is 5.93. The molecule has 0 spiro atoms. The van der Waals surface area contributed by atoms with Crippen molar-refractivity contribution in [1.82, 2.24) is 25.4 Å². The molecule has 1 fully saturated rings. The third kappa shape index (κ3) is 4.19. The van der Waals surface area contributed by atoms with Crippen LogP contribution < -0.4 is 5.48 Å². The van der Waals surface area contributed by atoms with E-state index in [0.29, 0.717) is 11.3 Å². The Morgan fingerprint density at radius 3 is 2.59 bits per heavy atom. The average Bonchev–Trinajstić information content (AvgIpc) is 3.41. The van der Waals surface area contributed by atoms with Crippen molar-refractivity contribution in [3.8, 4) is 11.3 Å². The first-order valence-electron chi connectivity index (χ1n) is 9.53. The van der Waals surface area contributed by atoms with Gasteiger partial charge in [0.1, 0.15) is 5.69 Å². The second-order valence-electron chi connectivity index (χ2n) is 7.24. The van der Waals surface area contributed by atoms with E-state index in [9.17, 15) is 9.90 Å². The lowest BCUT2D eigenvalue weighted by atomic mass is 10.1. The molecule has 0 bridgehead atoms. The molecule has 2 heterocycles. The van der Waals surface area contributed by atoms with Crippen LogP contribution in [0.4, 0.5) is 0 Å². The number of rotatable bonds is 6. The summed E-state index contributed by atoms with van der Waals surface area (Å²) in [6.45, 7) is 1.69. The molecule has 2 aromatic carbocycles. The first kappa shape index (κ1) is 19.3. The van der Waals surface area contributed by atoms with Crippen molar-refractivity contribution < 1.29 is 15.1 Å². The number of hydrogen-bond donors (Lipinski definition) is 3. The Labute approximate surface area is 168 Å². The number of hydrogen-bond acceptors (Lipinski definition) is 6. The summed E-state index contributed by atoms with van der Waals surface area (Å²) in [6.07, 6.45) is 2.70. The number of aliphatic hydroxyl groups excluding tert-OH is 1. The molecule has 4 rings (SSSR count). The van der Waals surface area contributed by atoms with E-state index in [2.05, 4.69) is 27.3 Å². The van der Waals surface area contributed by atoms with Crippen molar-refractivity contribution in [2.24, 2.45) is 0 Å². The highest BCUT2D eigenvalue weighted by Gasteiger charge is 2.33. The van der Waals surface area contributed by atoms with Crippen molar-refractivity contribution in [3.63, 3.8) is 0 Å². The van der Waals surface area contributed by atoms with Gasteiger partial charge in [-0.3, -0.25) is 14.9 Å². The molecule has 1 aliphatic rings. The van der Waals surface area contributed by atoms with Gasteiger partial charge in [-0.25, -0.2) is 10.2 Å². The Morgan fingerprint density at radius 1 is 1.14 bits per heavy atom. The fourth-order valence-corrected chi connectivity index (χ4v) is 3.80. The summed E-state index contributed by atoms with van der Waals surface area (Å²) in [5, 5.41) is 27.1. The van der Waals surface area contributed by atoms with Crippen LogP contribution in [0.15, 0.2) is 60.8 Å². The Morgan fingerprint density at radius 2 is 1.90 bits per heavy atom. The number of nitrogens with one attached hydrogen (secondary N) is 1. The van der Waals surface area contributed by atoms with E-state index in [1.807, 2.05) is 29.1 Å². The predicted molar refractivity (Wildman–Crippen MR) is 106 cm³/mol. The van der Waals surface area contributed by atoms with Gasteiger partial charge < -0.3 is 5.11 Å². The molecule has 150 valence electrons. The molecular formula is C21H23N5O3. The SMILES string of the molecule is O=C(NO)c1ccc(-c2cn([C@H]3C[C@H](CO)N(Cc4ccccc4)C3)nn2)cc1. The molecule has 3 aromatic rings. The summed E-state index contributed by atoms with van der Waals surface area (Å²) in [6, 6.07) is 17.2. The lowest BCUT2D eigenvalue weighted by Crippen LogP contribution is -2.31. The average molecular weight is 393 g/mol. The number of nitrogens with zero attached hydrogens (tertiary/aromatic N) is 4. The molecule has 0 saturated carbocycles. The third-order valence-corrected chi connectivity index (χ3v) is 5.37. The molecule has 8 heteroatoms. The van der Waals surface area contributed by atoms with E-state index < -0.39 is 5.91 Å². The fourth-order valence-electron chi connectivity index (χ4n) is 3.80. The summed E-state index contributed by atoms with van der Waals surface area (Å²) in [7, 11) is 0. The normalized spacial score (nSPS) is 19.4. The van der Waals surface area contributed by atoms with Crippen LogP contribution in [-0.2, 0) is 6.54 Å². The quantitative estimate of drug-likeness (QED) is 0.436. The minimum absolute atomic E-state index is 0.0872. The number of aliphatic hydroxyl groups is 1. The molecule has 0 aliphatic carbocycles. The lowest BCUT2D eigenvalue weighted by Gasteiger charge is -2.22. The topological polar surface area (TPSA) is 104 Å². The lowest BCUT2D eigenvalue weighted by molar-refractivity contribution is 0.0706. The molecule has 2 atom stereocenters. The zero-order valence-corrected chi connectivity index (χ0v) is 15.8. The maximum Gasteiger partial charge on any atom is 0.274 e. The van der Waals surface area contributed by atoms with Crippen molar-refractivity contribution in [2.45, 2.75) is 25.0 Å². The van der Waals surface area contributed by atoms with E-state index in [1.165, 1.54) is 5.56 Å². The standard InChI is InChI=1S/C21H23N5O3/c27-14-19-10-18(12-25(19)11-15-4-2-1-3-5-15)26-13-20(22-24-26)16-6-8-17(9-7-16)21(28)23-29/h1-9,13,18-19,27,29H,10-12,14H2,(H,23,28)/t18-,19+/m0/s1. The van der Waals surface area contributed by atoms with Crippen LogP contribution in [0.1, 0.15) is 28.4 Å². The molecule has 1 aliphatic heterocycles. The van der Waals surface area contributed by atoms with Gasteiger partial charge in [0, 0.05) is 30.3 Å². The van der Waals surface area contributed by atoms with Crippen LogP contribution in [0.2, 0.25) is 0 Å². The fraction of sp³-hybridized carbons (Fsp3) is 0.286. The van der Waals surface area contributed by atoms with E-state index in [-0.39, 0.29) is 18.7 Å². The van der Waals surface area contributed by atoms with Gasteiger partial charge in [0.25, 0.3) is 5.91 Å².